The highest BCUT2D eigenvalue weighted by atomic mass is 35.5. The van der Waals surface area contributed by atoms with Crippen molar-refractivity contribution < 1.29 is 9.90 Å². The Kier molecular flexibility index (Phi) is 4.58. The normalized spacial score (nSPS) is 14.3. The van der Waals surface area contributed by atoms with Crippen LogP contribution in [0.2, 0.25) is 5.02 Å². The van der Waals surface area contributed by atoms with Crippen LogP contribution in [0.4, 0.5) is 0 Å². The van der Waals surface area contributed by atoms with Gasteiger partial charge in [-0.1, -0.05) is 41.9 Å². The molecule has 3 aromatic rings. The second-order valence-corrected chi connectivity index (χ2v) is 6.97. The number of halogens is 1. The van der Waals surface area contributed by atoms with Crippen LogP contribution in [0, 0.1) is 4.77 Å². The molecule has 0 saturated heterocycles. The summed E-state index contributed by atoms with van der Waals surface area (Å²) in [4.78, 5) is 27.5. The molecule has 1 heterocycles. The molecule has 0 saturated carbocycles. The van der Waals surface area contributed by atoms with E-state index in [-0.39, 0.29) is 22.0 Å². The molecule has 4 rings (SSSR count). The molecule has 5 nitrogen and oxygen atoms in total. The summed E-state index contributed by atoms with van der Waals surface area (Å²) in [5.41, 5.74) is 1.75. The number of hydrogen-bond acceptors (Lipinski definition) is 4. The first-order valence-electron chi connectivity index (χ1n) is 8.33. The monoisotopic (exact) mass is 408 g/mol. The van der Waals surface area contributed by atoms with Gasteiger partial charge in [0.25, 0.3) is 5.56 Å². The summed E-state index contributed by atoms with van der Waals surface area (Å²) in [7, 11) is 0. The van der Waals surface area contributed by atoms with Crippen LogP contribution in [0.3, 0.4) is 0 Å². The van der Waals surface area contributed by atoms with Crippen molar-refractivity contribution in [2.45, 2.75) is 0 Å². The summed E-state index contributed by atoms with van der Waals surface area (Å²) in [6.07, 6.45) is 4.55. The van der Waals surface area contributed by atoms with Crippen LogP contribution < -0.4 is 5.56 Å². The van der Waals surface area contributed by atoms with Crippen molar-refractivity contribution >= 4 is 47.3 Å². The molecule has 0 bridgehead atoms. The zero-order valence-electron chi connectivity index (χ0n) is 14.3. The number of allylic oxidation sites excluding steroid dienone is 2. The standard InChI is InChI=1S/C21H13ClN2O3S/c22-13-6-8-14(9-7-13)24-20(27)17(19(26)23-21(24)28)11-16-15-4-2-1-3-12(15)5-10-18(16)25/h1-11,27H,(H,23,26,28). The average molecular weight is 409 g/mol. The number of nitrogens with one attached hydrogen (secondary N) is 1. The smallest absolute Gasteiger partial charge is 0.262 e. The molecule has 1 aromatic heterocycles. The summed E-state index contributed by atoms with van der Waals surface area (Å²) in [5, 5.41) is 11.3. The van der Waals surface area contributed by atoms with Crippen molar-refractivity contribution in [2.24, 2.45) is 0 Å². The van der Waals surface area contributed by atoms with Gasteiger partial charge < -0.3 is 5.11 Å². The number of benzene rings is 2. The third kappa shape index (κ3) is 3.13. The van der Waals surface area contributed by atoms with Gasteiger partial charge in [0.15, 0.2) is 10.6 Å². The Morgan fingerprint density at radius 2 is 1.75 bits per heavy atom. The average Bonchev–Trinajstić information content (AvgIpc) is 2.68. The molecule has 0 unspecified atom stereocenters. The summed E-state index contributed by atoms with van der Waals surface area (Å²) in [6.45, 7) is 0. The number of rotatable bonds is 2. The maximum atomic E-state index is 12.5. The Morgan fingerprint density at radius 1 is 1.04 bits per heavy atom. The molecule has 0 amide bonds. The molecule has 7 heteroatoms. The van der Waals surface area contributed by atoms with Gasteiger partial charge in [0.1, 0.15) is 5.56 Å². The van der Waals surface area contributed by atoms with E-state index in [0.29, 0.717) is 21.8 Å². The van der Waals surface area contributed by atoms with Crippen molar-refractivity contribution in [3.8, 4) is 11.6 Å². The number of fused-ring (bicyclic) bond motifs is 1. The Balaban J connectivity index is 1.96. The Hall–Kier alpha value is -3.22. The minimum atomic E-state index is -0.583. The first kappa shape index (κ1) is 18.2. The number of aromatic nitrogens is 2. The minimum absolute atomic E-state index is 0.0299. The molecular weight excluding hydrogens is 396 g/mol. The molecule has 0 spiro atoms. The van der Waals surface area contributed by atoms with Crippen LogP contribution in [-0.2, 0) is 4.79 Å². The van der Waals surface area contributed by atoms with Gasteiger partial charge in [-0.2, -0.15) is 0 Å². The fraction of sp³-hybridized carbons (Fsp3) is 0. The zero-order chi connectivity index (χ0) is 19.8. The minimum Gasteiger partial charge on any atom is -0.494 e. The lowest BCUT2D eigenvalue weighted by atomic mass is 9.90. The highest BCUT2D eigenvalue weighted by molar-refractivity contribution is 7.71. The van der Waals surface area contributed by atoms with Gasteiger partial charge in [-0.15, -0.1) is 0 Å². The molecular formula is C21H13ClN2O3S. The molecule has 28 heavy (non-hydrogen) atoms. The highest BCUT2D eigenvalue weighted by Crippen LogP contribution is 2.30. The lowest BCUT2D eigenvalue weighted by molar-refractivity contribution is -0.109. The predicted molar refractivity (Wildman–Crippen MR) is 112 cm³/mol. The van der Waals surface area contributed by atoms with Gasteiger partial charge >= 0.3 is 0 Å². The van der Waals surface area contributed by atoms with E-state index in [1.165, 1.54) is 16.7 Å². The van der Waals surface area contributed by atoms with Crippen LogP contribution in [0.5, 0.6) is 5.88 Å². The lowest BCUT2D eigenvalue weighted by Crippen LogP contribution is -2.17. The molecule has 0 aliphatic heterocycles. The Labute approximate surface area is 169 Å². The van der Waals surface area contributed by atoms with E-state index < -0.39 is 5.56 Å². The molecule has 0 radical (unpaired) electrons. The third-order valence-corrected chi connectivity index (χ3v) is 4.96. The van der Waals surface area contributed by atoms with Crippen molar-refractivity contribution in [1.29, 1.82) is 0 Å². The number of nitrogens with zero attached hydrogens (tertiary/aromatic N) is 1. The maximum absolute atomic E-state index is 12.5. The van der Waals surface area contributed by atoms with Gasteiger partial charge in [0.05, 0.1) is 5.69 Å². The number of hydrogen-bond donors (Lipinski definition) is 2. The first-order valence-corrected chi connectivity index (χ1v) is 9.12. The number of ketones is 1. The van der Waals surface area contributed by atoms with E-state index in [9.17, 15) is 14.7 Å². The van der Waals surface area contributed by atoms with Crippen molar-refractivity contribution in [2.75, 3.05) is 0 Å². The Morgan fingerprint density at radius 3 is 2.50 bits per heavy atom. The van der Waals surface area contributed by atoms with E-state index >= 15 is 0 Å². The molecule has 1 aliphatic carbocycles. The van der Waals surface area contributed by atoms with Gasteiger partial charge in [0, 0.05) is 10.6 Å². The molecule has 2 aromatic carbocycles. The SMILES string of the molecule is O=C1C=Cc2ccccc2C1=Cc1c(O)n(-c2ccc(Cl)cc2)c(=S)[nH]c1=O. The van der Waals surface area contributed by atoms with Gasteiger partial charge in [-0.3, -0.25) is 19.1 Å². The highest BCUT2D eigenvalue weighted by Gasteiger charge is 2.20. The largest absolute Gasteiger partial charge is 0.494 e. The molecule has 0 atom stereocenters. The predicted octanol–water partition coefficient (Wildman–Crippen LogP) is 4.39. The number of carbonyl (C=O) groups excluding carboxylic acids is 1. The van der Waals surface area contributed by atoms with Crippen LogP contribution in [0.25, 0.3) is 23.4 Å². The van der Waals surface area contributed by atoms with E-state index in [0.717, 1.165) is 5.56 Å². The number of aromatic amines is 1. The second kappa shape index (κ2) is 7.07. The fourth-order valence-electron chi connectivity index (χ4n) is 3.07. The number of aromatic hydroxyl groups is 1. The first-order chi connectivity index (χ1) is 13.5. The van der Waals surface area contributed by atoms with Crippen molar-refractivity contribution in [3.63, 3.8) is 0 Å². The molecule has 2 N–H and O–H groups in total. The number of H-pyrrole nitrogens is 1. The Bertz CT molecular complexity index is 1280. The van der Waals surface area contributed by atoms with Crippen LogP contribution >= 0.6 is 23.8 Å². The topological polar surface area (TPSA) is 75.1 Å². The van der Waals surface area contributed by atoms with E-state index in [4.69, 9.17) is 23.8 Å². The quantitative estimate of drug-likeness (QED) is 0.487. The second-order valence-electron chi connectivity index (χ2n) is 6.15. The summed E-state index contributed by atoms with van der Waals surface area (Å²) in [5.74, 6) is -0.610. The van der Waals surface area contributed by atoms with Gasteiger partial charge in [-0.25, -0.2) is 0 Å². The number of carbonyl (C=O) groups is 1. The zero-order valence-corrected chi connectivity index (χ0v) is 15.9. The molecule has 0 fully saturated rings. The van der Waals surface area contributed by atoms with Crippen LogP contribution in [0.1, 0.15) is 16.7 Å². The van der Waals surface area contributed by atoms with Crippen molar-refractivity contribution in [3.05, 3.63) is 91.4 Å². The third-order valence-electron chi connectivity index (χ3n) is 4.43. The fourth-order valence-corrected chi connectivity index (χ4v) is 3.48. The molecule has 138 valence electrons. The van der Waals surface area contributed by atoms with Gasteiger partial charge in [0.2, 0.25) is 5.88 Å². The van der Waals surface area contributed by atoms with Crippen LogP contribution in [-0.4, -0.2) is 20.4 Å². The maximum Gasteiger partial charge on any atom is 0.262 e. The van der Waals surface area contributed by atoms with E-state index in [1.54, 1.807) is 36.4 Å². The lowest BCUT2D eigenvalue weighted by Gasteiger charge is -2.15. The van der Waals surface area contributed by atoms with E-state index in [1.807, 2.05) is 18.2 Å². The van der Waals surface area contributed by atoms with Gasteiger partial charge in [-0.05, 0) is 59.8 Å². The van der Waals surface area contributed by atoms with E-state index in [2.05, 4.69) is 4.98 Å². The van der Waals surface area contributed by atoms with Crippen molar-refractivity contribution in [1.82, 2.24) is 9.55 Å². The summed E-state index contributed by atoms with van der Waals surface area (Å²) >= 11 is 11.1. The summed E-state index contributed by atoms with van der Waals surface area (Å²) in [6, 6.07) is 14.0. The summed E-state index contributed by atoms with van der Waals surface area (Å²) < 4.78 is 1.34. The van der Waals surface area contributed by atoms with Crippen LogP contribution in [0.15, 0.2) is 59.4 Å². The molecule has 1 aliphatic rings.